The third-order valence-electron chi connectivity index (χ3n) is 4.15. The van der Waals surface area contributed by atoms with Crippen LogP contribution < -0.4 is 10.5 Å². The van der Waals surface area contributed by atoms with Gasteiger partial charge in [-0.3, -0.25) is 0 Å². The van der Waals surface area contributed by atoms with Crippen molar-refractivity contribution in [2.24, 2.45) is 17.6 Å². The van der Waals surface area contributed by atoms with Crippen molar-refractivity contribution in [1.29, 1.82) is 0 Å². The number of nitrogens with two attached hydrogens (primary N) is 1. The molecule has 1 aromatic rings. The van der Waals surface area contributed by atoms with Crippen molar-refractivity contribution in [2.45, 2.75) is 32.3 Å². The first-order chi connectivity index (χ1) is 9.35. The Hall–Kier alpha value is -1.06. The van der Waals surface area contributed by atoms with E-state index in [4.69, 9.17) is 15.2 Å². The fourth-order valence-corrected chi connectivity index (χ4v) is 2.96. The molecule has 1 aliphatic rings. The number of hydrogen-bond donors (Lipinski definition) is 1. The molecule has 2 atom stereocenters. The lowest BCUT2D eigenvalue weighted by molar-refractivity contribution is 0.0503. The Balaban J connectivity index is 1.82. The van der Waals surface area contributed by atoms with Gasteiger partial charge in [-0.2, -0.15) is 0 Å². The van der Waals surface area contributed by atoms with E-state index < -0.39 is 0 Å². The highest BCUT2D eigenvalue weighted by atomic mass is 16.5. The van der Waals surface area contributed by atoms with Crippen LogP contribution in [0.25, 0.3) is 0 Å². The zero-order valence-electron chi connectivity index (χ0n) is 11.8. The highest BCUT2D eigenvalue weighted by Crippen LogP contribution is 2.30. The second-order valence-electron chi connectivity index (χ2n) is 5.37. The lowest BCUT2D eigenvalue weighted by atomic mass is 9.80. The average molecular weight is 263 g/mol. The fourth-order valence-electron chi connectivity index (χ4n) is 2.96. The van der Waals surface area contributed by atoms with Gasteiger partial charge >= 0.3 is 0 Å². The summed E-state index contributed by atoms with van der Waals surface area (Å²) in [6.07, 6.45) is 5.16. The first-order valence-electron chi connectivity index (χ1n) is 7.25. The summed E-state index contributed by atoms with van der Waals surface area (Å²) in [7, 11) is 1.70. The summed E-state index contributed by atoms with van der Waals surface area (Å²) in [6.45, 7) is 2.24. The normalized spacial score (nSPS) is 23.3. The molecule has 0 heterocycles. The zero-order chi connectivity index (χ0) is 13.5. The van der Waals surface area contributed by atoms with E-state index >= 15 is 0 Å². The number of benzene rings is 1. The molecule has 1 aromatic carbocycles. The Morgan fingerprint density at radius 1 is 1.16 bits per heavy atom. The summed E-state index contributed by atoms with van der Waals surface area (Å²) in [4.78, 5) is 0. The van der Waals surface area contributed by atoms with E-state index in [-0.39, 0.29) is 0 Å². The first-order valence-corrected chi connectivity index (χ1v) is 7.25. The number of para-hydroxylation sites is 1. The van der Waals surface area contributed by atoms with Crippen LogP contribution in [0, 0.1) is 11.8 Å². The summed E-state index contributed by atoms with van der Waals surface area (Å²) in [6, 6.07) is 8.03. The van der Waals surface area contributed by atoms with Crippen LogP contribution in [0.3, 0.4) is 0 Å². The van der Waals surface area contributed by atoms with Crippen molar-refractivity contribution in [3.05, 3.63) is 29.8 Å². The van der Waals surface area contributed by atoms with Gasteiger partial charge in [0.1, 0.15) is 5.75 Å². The molecule has 1 fully saturated rings. The quantitative estimate of drug-likeness (QED) is 0.858. The van der Waals surface area contributed by atoms with E-state index in [1.165, 1.54) is 25.7 Å². The van der Waals surface area contributed by atoms with E-state index in [1.807, 2.05) is 18.2 Å². The van der Waals surface area contributed by atoms with Gasteiger partial charge in [0.15, 0.2) is 0 Å². The van der Waals surface area contributed by atoms with Crippen LogP contribution in [0.15, 0.2) is 24.3 Å². The van der Waals surface area contributed by atoms with Crippen LogP contribution >= 0.6 is 0 Å². The van der Waals surface area contributed by atoms with Gasteiger partial charge < -0.3 is 15.2 Å². The minimum atomic E-state index is 0.623. The van der Waals surface area contributed by atoms with E-state index in [0.29, 0.717) is 18.4 Å². The lowest BCUT2D eigenvalue weighted by Crippen LogP contribution is -2.29. The molecule has 0 aromatic heterocycles. The van der Waals surface area contributed by atoms with Gasteiger partial charge in [-0.1, -0.05) is 31.0 Å². The molecular formula is C16H25NO2. The molecule has 1 saturated carbocycles. The molecule has 3 nitrogen and oxygen atoms in total. The molecule has 0 saturated heterocycles. The van der Waals surface area contributed by atoms with Crippen molar-refractivity contribution < 1.29 is 9.47 Å². The summed E-state index contributed by atoms with van der Waals surface area (Å²) < 4.78 is 11.2. The Bertz CT molecular complexity index is 381. The van der Waals surface area contributed by atoms with E-state index in [9.17, 15) is 0 Å². The highest BCUT2D eigenvalue weighted by Gasteiger charge is 2.23. The van der Waals surface area contributed by atoms with Crippen molar-refractivity contribution in [3.8, 4) is 5.75 Å². The highest BCUT2D eigenvalue weighted by molar-refractivity contribution is 5.32. The zero-order valence-corrected chi connectivity index (χ0v) is 11.8. The summed E-state index contributed by atoms with van der Waals surface area (Å²) >= 11 is 0. The molecule has 3 heteroatoms. The van der Waals surface area contributed by atoms with Crippen LogP contribution in [-0.2, 0) is 11.3 Å². The van der Waals surface area contributed by atoms with Crippen molar-refractivity contribution in [3.63, 3.8) is 0 Å². The minimum absolute atomic E-state index is 0.623. The number of methoxy groups -OCH3 is 1. The van der Waals surface area contributed by atoms with Crippen molar-refractivity contribution in [1.82, 2.24) is 0 Å². The fraction of sp³-hybridized carbons (Fsp3) is 0.625. The maximum Gasteiger partial charge on any atom is 0.124 e. The topological polar surface area (TPSA) is 44.5 Å². The predicted molar refractivity (Wildman–Crippen MR) is 77.2 cm³/mol. The molecule has 0 radical (unpaired) electrons. The molecule has 0 bridgehead atoms. The molecular weight excluding hydrogens is 238 g/mol. The third kappa shape index (κ3) is 3.95. The van der Waals surface area contributed by atoms with Crippen LogP contribution in [-0.4, -0.2) is 20.3 Å². The molecule has 2 N–H and O–H groups in total. The maximum absolute atomic E-state index is 5.90. The molecule has 2 rings (SSSR count). The lowest BCUT2D eigenvalue weighted by Gasteiger charge is -2.30. The van der Waals surface area contributed by atoms with Crippen molar-refractivity contribution >= 4 is 0 Å². The predicted octanol–water partition coefficient (Wildman–Crippen LogP) is 2.98. The summed E-state index contributed by atoms with van der Waals surface area (Å²) in [5, 5.41) is 0. The van der Waals surface area contributed by atoms with Crippen LogP contribution in [0.1, 0.15) is 31.2 Å². The Kier molecular flexibility index (Phi) is 5.67. The summed E-state index contributed by atoms with van der Waals surface area (Å²) in [5.41, 5.74) is 6.96. The SMILES string of the molecule is COc1ccccc1COCC1CCCCC1CN. The van der Waals surface area contributed by atoms with Crippen LogP contribution in [0.2, 0.25) is 0 Å². The van der Waals surface area contributed by atoms with Gasteiger partial charge in [0.2, 0.25) is 0 Å². The van der Waals surface area contributed by atoms with Gasteiger partial charge in [-0.05, 0) is 37.3 Å². The minimum Gasteiger partial charge on any atom is -0.496 e. The number of ether oxygens (including phenoxy) is 2. The third-order valence-corrected chi connectivity index (χ3v) is 4.15. The van der Waals surface area contributed by atoms with Crippen LogP contribution in [0.4, 0.5) is 0 Å². The number of rotatable bonds is 6. The molecule has 0 aliphatic heterocycles. The average Bonchev–Trinajstić information content (AvgIpc) is 2.48. The van der Waals surface area contributed by atoms with Gasteiger partial charge in [0.25, 0.3) is 0 Å². The van der Waals surface area contributed by atoms with Gasteiger partial charge in [0, 0.05) is 5.56 Å². The molecule has 106 valence electrons. The molecule has 2 unspecified atom stereocenters. The monoisotopic (exact) mass is 263 g/mol. The Labute approximate surface area is 116 Å². The largest absolute Gasteiger partial charge is 0.496 e. The van der Waals surface area contributed by atoms with Gasteiger partial charge in [-0.15, -0.1) is 0 Å². The van der Waals surface area contributed by atoms with Crippen LogP contribution in [0.5, 0.6) is 5.75 Å². The van der Waals surface area contributed by atoms with Gasteiger partial charge in [-0.25, -0.2) is 0 Å². The second-order valence-corrected chi connectivity index (χ2v) is 5.37. The van der Waals surface area contributed by atoms with E-state index in [1.54, 1.807) is 7.11 Å². The molecule has 0 spiro atoms. The summed E-state index contributed by atoms with van der Waals surface area (Å²) in [5.74, 6) is 2.18. The Morgan fingerprint density at radius 2 is 1.89 bits per heavy atom. The van der Waals surface area contributed by atoms with E-state index in [2.05, 4.69) is 6.07 Å². The molecule has 1 aliphatic carbocycles. The molecule has 19 heavy (non-hydrogen) atoms. The molecule has 0 amide bonds. The van der Waals surface area contributed by atoms with Gasteiger partial charge in [0.05, 0.1) is 20.3 Å². The smallest absolute Gasteiger partial charge is 0.124 e. The standard InChI is InChI=1S/C16H25NO2/c1-18-16-9-5-4-8-15(16)12-19-11-14-7-3-2-6-13(14)10-17/h4-5,8-9,13-14H,2-3,6-7,10-12,17H2,1H3. The number of hydrogen-bond acceptors (Lipinski definition) is 3. The maximum atomic E-state index is 5.90. The van der Waals surface area contributed by atoms with E-state index in [0.717, 1.165) is 24.5 Å². The Morgan fingerprint density at radius 3 is 2.63 bits per heavy atom. The second kappa shape index (κ2) is 7.51. The van der Waals surface area contributed by atoms with Crippen molar-refractivity contribution in [2.75, 3.05) is 20.3 Å². The first kappa shape index (κ1) is 14.4.